The van der Waals surface area contributed by atoms with Gasteiger partial charge >= 0.3 is 0 Å². The summed E-state index contributed by atoms with van der Waals surface area (Å²) in [5.41, 5.74) is 5.90. The van der Waals surface area contributed by atoms with Crippen molar-refractivity contribution in [3.63, 3.8) is 0 Å². The molecule has 0 bridgehead atoms. The van der Waals surface area contributed by atoms with Gasteiger partial charge in [-0.25, -0.2) is 9.38 Å². The van der Waals surface area contributed by atoms with Crippen LogP contribution in [0.25, 0.3) is 6.08 Å². The number of nitrogens with zero attached hydrogens (tertiary/aromatic N) is 2. The van der Waals surface area contributed by atoms with E-state index in [1.54, 1.807) is 12.1 Å². The van der Waals surface area contributed by atoms with E-state index in [1.165, 1.54) is 12.1 Å². The van der Waals surface area contributed by atoms with Crippen molar-refractivity contribution in [2.45, 2.75) is 6.92 Å². The van der Waals surface area contributed by atoms with Crippen molar-refractivity contribution in [1.82, 2.24) is 0 Å². The maximum absolute atomic E-state index is 13.3. The van der Waals surface area contributed by atoms with E-state index in [4.69, 9.17) is 21.6 Å². The Balaban J connectivity index is 1.95. The van der Waals surface area contributed by atoms with Gasteiger partial charge in [-0.2, -0.15) is 0 Å². The fourth-order valence-electron chi connectivity index (χ4n) is 2.99. The lowest BCUT2D eigenvalue weighted by atomic mass is 9.96. The Morgan fingerprint density at radius 3 is 2.33 bits per heavy atom. The summed E-state index contributed by atoms with van der Waals surface area (Å²) in [7, 11) is 0. The smallest absolute Gasteiger partial charge is 0.123 e. The molecule has 2 nitrogen and oxygen atoms in total. The highest BCUT2D eigenvalue weighted by molar-refractivity contribution is 6.34. The van der Waals surface area contributed by atoms with Gasteiger partial charge in [0.15, 0.2) is 0 Å². The van der Waals surface area contributed by atoms with Crippen LogP contribution in [-0.4, -0.2) is 11.4 Å². The van der Waals surface area contributed by atoms with Gasteiger partial charge in [0, 0.05) is 21.9 Å². The summed E-state index contributed by atoms with van der Waals surface area (Å²) >= 11 is 6.14. The van der Waals surface area contributed by atoms with Crippen LogP contribution in [0.4, 0.5) is 15.8 Å². The van der Waals surface area contributed by atoms with E-state index in [9.17, 15) is 4.39 Å². The highest BCUT2D eigenvalue weighted by atomic mass is 35.5. The zero-order valence-electron chi connectivity index (χ0n) is 14.7. The van der Waals surface area contributed by atoms with Crippen molar-refractivity contribution in [3.8, 4) is 0 Å². The van der Waals surface area contributed by atoms with E-state index < -0.39 is 0 Å². The molecule has 0 saturated carbocycles. The zero-order valence-corrected chi connectivity index (χ0v) is 15.4. The molecule has 0 radical (unpaired) electrons. The molecule has 4 rings (SSSR count). The van der Waals surface area contributed by atoms with Crippen LogP contribution in [0.1, 0.15) is 18.1 Å². The second kappa shape index (κ2) is 7.29. The number of benzene rings is 3. The van der Waals surface area contributed by atoms with Crippen molar-refractivity contribution in [2.24, 2.45) is 9.98 Å². The van der Waals surface area contributed by atoms with Gasteiger partial charge in [0.25, 0.3) is 0 Å². The first-order valence-electron chi connectivity index (χ1n) is 8.57. The maximum Gasteiger partial charge on any atom is 0.123 e. The Kier molecular flexibility index (Phi) is 4.69. The molecule has 0 amide bonds. The fourth-order valence-corrected chi connectivity index (χ4v) is 3.15. The van der Waals surface area contributed by atoms with E-state index in [0.29, 0.717) is 5.02 Å². The molecule has 3 aromatic rings. The summed E-state index contributed by atoms with van der Waals surface area (Å²) in [5, 5.41) is 0.618. The van der Waals surface area contributed by atoms with Gasteiger partial charge in [-0.05, 0) is 48.9 Å². The Morgan fingerprint density at radius 1 is 0.852 bits per heavy atom. The van der Waals surface area contributed by atoms with E-state index in [2.05, 4.69) is 0 Å². The summed E-state index contributed by atoms with van der Waals surface area (Å²) in [6.45, 7) is 1.95. The molecule has 3 aromatic carbocycles. The van der Waals surface area contributed by atoms with Crippen LogP contribution < -0.4 is 0 Å². The quantitative estimate of drug-likeness (QED) is 0.471. The third-order valence-electron chi connectivity index (χ3n) is 4.33. The number of hydrogen-bond acceptors (Lipinski definition) is 2. The van der Waals surface area contributed by atoms with Gasteiger partial charge in [-0.15, -0.1) is 0 Å². The summed E-state index contributed by atoms with van der Waals surface area (Å²) < 4.78 is 13.3. The van der Waals surface area contributed by atoms with Gasteiger partial charge in [0.1, 0.15) is 5.82 Å². The second-order valence-electron chi connectivity index (χ2n) is 6.27. The molecule has 132 valence electrons. The zero-order chi connectivity index (χ0) is 18.8. The predicted molar refractivity (Wildman–Crippen MR) is 111 cm³/mol. The molecule has 4 heteroatoms. The van der Waals surface area contributed by atoms with E-state index >= 15 is 0 Å². The lowest BCUT2D eigenvalue weighted by molar-refractivity contribution is 0.628. The van der Waals surface area contributed by atoms with Crippen molar-refractivity contribution in [2.75, 3.05) is 0 Å². The average Bonchev–Trinajstić information content (AvgIpc) is 2.80. The topological polar surface area (TPSA) is 24.7 Å². The van der Waals surface area contributed by atoms with Gasteiger partial charge < -0.3 is 0 Å². The van der Waals surface area contributed by atoms with Crippen molar-refractivity contribution >= 4 is 40.5 Å². The molecular weight excluding hydrogens is 359 g/mol. The first-order valence-corrected chi connectivity index (χ1v) is 8.95. The molecule has 0 fully saturated rings. The minimum atomic E-state index is -0.262. The molecule has 1 aliphatic rings. The number of rotatable bonds is 2. The van der Waals surface area contributed by atoms with Crippen LogP contribution in [0.3, 0.4) is 0 Å². The summed E-state index contributed by atoms with van der Waals surface area (Å²) in [5.74, 6) is -0.262. The van der Waals surface area contributed by atoms with Crippen LogP contribution in [0, 0.1) is 5.82 Å². The van der Waals surface area contributed by atoms with Crippen molar-refractivity contribution in [1.29, 1.82) is 0 Å². The standard InChI is InChI=1S/C23H16ClFN2/c1-15-20(13-16-7-10-19(25)11-8-16)23(17-5-3-2-4-6-17)27-21-12-9-18(24)14-22(21)26-15/h2-14H,1H3/b20-13+. The number of halogens is 2. The molecule has 0 spiro atoms. The third kappa shape index (κ3) is 3.74. The average molecular weight is 375 g/mol. The number of allylic oxidation sites excluding steroid dienone is 1. The van der Waals surface area contributed by atoms with Gasteiger partial charge in [0.05, 0.1) is 17.1 Å². The van der Waals surface area contributed by atoms with Crippen molar-refractivity contribution in [3.05, 3.63) is 100 Å². The van der Waals surface area contributed by atoms with Crippen LogP contribution >= 0.6 is 11.6 Å². The second-order valence-corrected chi connectivity index (χ2v) is 6.70. The van der Waals surface area contributed by atoms with E-state index in [0.717, 1.165) is 39.5 Å². The minimum absolute atomic E-state index is 0.262. The number of hydrogen-bond donors (Lipinski definition) is 0. The molecule has 0 atom stereocenters. The highest BCUT2D eigenvalue weighted by Gasteiger charge is 2.18. The third-order valence-corrected chi connectivity index (χ3v) is 4.57. The fraction of sp³-hybridized carbons (Fsp3) is 0.0435. The van der Waals surface area contributed by atoms with Crippen LogP contribution in [0.15, 0.2) is 88.4 Å². The number of fused-ring (bicyclic) bond motifs is 1. The van der Waals surface area contributed by atoms with Crippen LogP contribution in [0.5, 0.6) is 0 Å². The molecule has 0 saturated heterocycles. The van der Waals surface area contributed by atoms with E-state index in [-0.39, 0.29) is 5.82 Å². The Hall–Kier alpha value is -3.04. The van der Waals surface area contributed by atoms with E-state index in [1.807, 2.05) is 61.5 Å². The van der Waals surface area contributed by atoms with Gasteiger partial charge in [0.2, 0.25) is 0 Å². The molecule has 0 unspecified atom stereocenters. The monoisotopic (exact) mass is 374 g/mol. The molecular formula is C23H16ClFN2. The minimum Gasteiger partial charge on any atom is -0.251 e. The summed E-state index contributed by atoms with van der Waals surface area (Å²) in [6.07, 6.45) is 1.98. The Labute approximate surface area is 162 Å². The normalized spacial score (nSPS) is 15.0. The predicted octanol–water partition coefficient (Wildman–Crippen LogP) is 6.79. The number of aliphatic imine (C=N–C) groups is 2. The highest BCUT2D eigenvalue weighted by Crippen LogP contribution is 2.35. The van der Waals surface area contributed by atoms with Crippen LogP contribution in [0.2, 0.25) is 5.02 Å². The molecule has 0 N–H and O–H groups in total. The van der Waals surface area contributed by atoms with Gasteiger partial charge in [-0.1, -0.05) is 54.1 Å². The summed E-state index contributed by atoms with van der Waals surface area (Å²) in [4.78, 5) is 9.64. The largest absolute Gasteiger partial charge is 0.251 e. The first kappa shape index (κ1) is 17.4. The molecule has 0 aliphatic carbocycles. The Bertz CT molecular complexity index is 1080. The summed E-state index contributed by atoms with van der Waals surface area (Å²) in [6, 6.07) is 21.8. The lowest BCUT2D eigenvalue weighted by Gasteiger charge is -2.10. The maximum atomic E-state index is 13.3. The molecule has 0 aromatic heterocycles. The SMILES string of the molecule is CC1=Nc2cc(Cl)ccc2N=C(c2ccccc2)/C1=C/c1ccc(F)cc1. The van der Waals surface area contributed by atoms with Gasteiger partial charge in [-0.3, -0.25) is 4.99 Å². The molecule has 27 heavy (non-hydrogen) atoms. The first-order chi connectivity index (χ1) is 13.1. The molecule has 1 heterocycles. The molecule has 1 aliphatic heterocycles. The van der Waals surface area contributed by atoms with Crippen LogP contribution in [-0.2, 0) is 0 Å². The Morgan fingerprint density at radius 2 is 1.59 bits per heavy atom. The van der Waals surface area contributed by atoms with Crippen molar-refractivity contribution < 1.29 is 4.39 Å². The lowest BCUT2D eigenvalue weighted by Crippen LogP contribution is -2.11.